The third-order valence-corrected chi connectivity index (χ3v) is 5.77. The number of nitrogens with one attached hydrogen (secondary N) is 2. The SMILES string of the molecule is CCn1c(CC(=O)Nc2ccc(OC)cc2)nnc1SCC(=O)Nc1cc(Cl)ccc1OC. The van der Waals surface area contributed by atoms with Crippen molar-refractivity contribution in [3.8, 4) is 11.5 Å². The van der Waals surface area contributed by atoms with Crippen LogP contribution in [0.1, 0.15) is 12.7 Å². The van der Waals surface area contributed by atoms with E-state index in [9.17, 15) is 9.59 Å². The zero-order valence-corrected chi connectivity index (χ0v) is 20.0. The summed E-state index contributed by atoms with van der Waals surface area (Å²) in [6.45, 7) is 2.49. The summed E-state index contributed by atoms with van der Waals surface area (Å²) in [6, 6.07) is 12.0. The van der Waals surface area contributed by atoms with Crippen LogP contribution in [0.15, 0.2) is 47.6 Å². The molecule has 0 aliphatic carbocycles. The highest BCUT2D eigenvalue weighted by molar-refractivity contribution is 7.99. The summed E-state index contributed by atoms with van der Waals surface area (Å²) >= 11 is 7.24. The lowest BCUT2D eigenvalue weighted by Crippen LogP contribution is -2.18. The Morgan fingerprint density at radius 2 is 1.79 bits per heavy atom. The Balaban J connectivity index is 1.59. The van der Waals surface area contributed by atoms with Crippen LogP contribution in [0, 0.1) is 0 Å². The van der Waals surface area contributed by atoms with Gasteiger partial charge in [0.15, 0.2) is 5.16 Å². The zero-order chi connectivity index (χ0) is 23.8. The molecule has 0 aliphatic heterocycles. The molecule has 0 atom stereocenters. The van der Waals surface area contributed by atoms with Gasteiger partial charge >= 0.3 is 0 Å². The van der Waals surface area contributed by atoms with E-state index in [2.05, 4.69) is 20.8 Å². The van der Waals surface area contributed by atoms with Gasteiger partial charge in [-0.1, -0.05) is 23.4 Å². The monoisotopic (exact) mass is 489 g/mol. The van der Waals surface area contributed by atoms with Gasteiger partial charge in [-0.3, -0.25) is 9.59 Å². The highest BCUT2D eigenvalue weighted by Gasteiger charge is 2.17. The van der Waals surface area contributed by atoms with E-state index < -0.39 is 0 Å². The largest absolute Gasteiger partial charge is 0.497 e. The lowest BCUT2D eigenvalue weighted by Gasteiger charge is -2.11. The van der Waals surface area contributed by atoms with Crippen molar-refractivity contribution in [1.82, 2.24) is 14.8 Å². The first-order valence-electron chi connectivity index (χ1n) is 10.1. The second-order valence-corrected chi connectivity index (χ2v) is 8.16. The predicted molar refractivity (Wildman–Crippen MR) is 128 cm³/mol. The molecule has 0 unspecified atom stereocenters. The Labute approximate surface area is 200 Å². The molecular formula is C22H24ClN5O4S. The molecule has 0 spiro atoms. The second-order valence-electron chi connectivity index (χ2n) is 6.78. The number of amides is 2. The van der Waals surface area contributed by atoms with Gasteiger partial charge in [0, 0.05) is 17.3 Å². The van der Waals surface area contributed by atoms with Gasteiger partial charge in [-0.2, -0.15) is 0 Å². The molecule has 0 saturated heterocycles. The van der Waals surface area contributed by atoms with Gasteiger partial charge in [0.2, 0.25) is 11.8 Å². The van der Waals surface area contributed by atoms with Crippen LogP contribution in [0.4, 0.5) is 11.4 Å². The standard InChI is InChI=1S/C22H24ClN5O4S/c1-4-28-19(12-20(29)24-15-6-8-16(31-2)9-7-15)26-27-22(28)33-13-21(30)25-17-11-14(23)5-10-18(17)32-3/h5-11H,4,12-13H2,1-3H3,(H,24,29)(H,25,30). The average molecular weight is 490 g/mol. The quantitative estimate of drug-likeness (QED) is 0.416. The molecular weight excluding hydrogens is 466 g/mol. The number of aromatic nitrogens is 3. The normalized spacial score (nSPS) is 10.5. The fourth-order valence-corrected chi connectivity index (χ4v) is 3.98. The highest BCUT2D eigenvalue weighted by Crippen LogP contribution is 2.28. The van der Waals surface area contributed by atoms with Crippen molar-refractivity contribution in [2.45, 2.75) is 25.0 Å². The van der Waals surface area contributed by atoms with Crippen LogP contribution in [-0.2, 0) is 22.6 Å². The van der Waals surface area contributed by atoms with E-state index in [1.165, 1.54) is 18.9 Å². The number of halogens is 1. The number of hydrogen-bond donors (Lipinski definition) is 2. The second kappa shape index (κ2) is 11.6. The number of nitrogens with zero attached hydrogens (tertiary/aromatic N) is 3. The van der Waals surface area contributed by atoms with E-state index >= 15 is 0 Å². The summed E-state index contributed by atoms with van der Waals surface area (Å²) in [7, 11) is 3.10. The smallest absolute Gasteiger partial charge is 0.234 e. The van der Waals surface area contributed by atoms with E-state index in [1.807, 2.05) is 11.5 Å². The predicted octanol–water partition coefficient (Wildman–Crippen LogP) is 3.88. The van der Waals surface area contributed by atoms with Crippen LogP contribution in [0.5, 0.6) is 11.5 Å². The maximum absolute atomic E-state index is 12.5. The highest BCUT2D eigenvalue weighted by atomic mass is 35.5. The summed E-state index contributed by atoms with van der Waals surface area (Å²) in [5, 5.41) is 14.9. The number of carbonyl (C=O) groups is 2. The number of thioether (sulfide) groups is 1. The first-order valence-corrected chi connectivity index (χ1v) is 11.4. The Kier molecular flexibility index (Phi) is 8.56. The van der Waals surface area contributed by atoms with Gasteiger partial charge in [-0.15, -0.1) is 10.2 Å². The summed E-state index contributed by atoms with van der Waals surface area (Å²) in [5.74, 6) is 1.38. The minimum atomic E-state index is -0.245. The van der Waals surface area contributed by atoms with E-state index in [0.717, 1.165) is 0 Å². The number of ether oxygens (including phenoxy) is 2. The van der Waals surface area contributed by atoms with Gasteiger partial charge in [-0.05, 0) is 49.4 Å². The van der Waals surface area contributed by atoms with Gasteiger partial charge in [0.05, 0.1) is 32.1 Å². The molecule has 0 aliphatic rings. The Morgan fingerprint density at radius 1 is 1.03 bits per heavy atom. The van der Waals surface area contributed by atoms with Crippen molar-refractivity contribution >= 4 is 46.6 Å². The molecule has 33 heavy (non-hydrogen) atoms. The summed E-state index contributed by atoms with van der Waals surface area (Å²) in [4.78, 5) is 24.9. The third-order valence-electron chi connectivity index (χ3n) is 4.57. The van der Waals surface area contributed by atoms with E-state index in [1.54, 1.807) is 49.6 Å². The molecule has 1 aromatic heterocycles. The first-order chi connectivity index (χ1) is 15.9. The number of hydrogen-bond acceptors (Lipinski definition) is 7. The minimum absolute atomic E-state index is 0.0549. The zero-order valence-electron chi connectivity index (χ0n) is 18.4. The van der Waals surface area contributed by atoms with Crippen LogP contribution >= 0.6 is 23.4 Å². The number of methoxy groups -OCH3 is 2. The van der Waals surface area contributed by atoms with Crippen molar-refractivity contribution in [3.05, 3.63) is 53.3 Å². The summed E-state index contributed by atoms with van der Waals surface area (Å²) in [6.07, 6.45) is 0.0549. The first kappa shape index (κ1) is 24.4. The third kappa shape index (κ3) is 6.62. The van der Waals surface area contributed by atoms with E-state index in [-0.39, 0.29) is 24.0 Å². The molecule has 9 nitrogen and oxygen atoms in total. The molecule has 2 N–H and O–H groups in total. The van der Waals surface area contributed by atoms with Crippen molar-refractivity contribution in [2.24, 2.45) is 0 Å². The number of anilines is 2. The Morgan fingerprint density at radius 3 is 2.45 bits per heavy atom. The van der Waals surface area contributed by atoms with Crippen molar-refractivity contribution in [1.29, 1.82) is 0 Å². The molecule has 1 heterocycles. The van der Waals surface area contributed by atoms with Crippen LogP contribution in [0.25, 0.3) is 0 Å². The van der Waals surface area contributed by atoms with E-state index in [4.69, 9.17) is 21.1 Å². The molecule has 2 aromatic carbocycles. The molecule has 0 fully saturated rings. The van der Waals surface area contributed by atoms with Gasteiger partial charge < -0.3 is 24.7 Å². The number of benzene rings is 2. The molecule has 11 heteroatoms. The van der Waals surface area contributed by atoms with Crippen LogP contribution in [0.3, 0.4) is 0 Å². The van der Waals surface area contributed by atoms with E-state index in [0.29, 0.717) is 45.4 Å². The summed E-state index contributed by atoms with van der Waals surface area (Å²) < 4.78 is 12.2. The Hall–Kier alpha value is -3.24. The lowest BCUT2D eigenvalue weighted by atomic mass is 10.3. The molecule has 0 saturated carbocycles. The Bertz CT molecular complexity index is 1120. The molecule has 3 rings (SSSR count). The van der Waals surface area contributed by atoms with Gasteiger partial charge in [0.1, 0.15) is 17.3 Å². The average Bonchev–Trinajstić information content (AvgIpc) is 3.19. The maximum Gasteiger partial charge on any atom is 0.234 e. The minimum Gasteiger partial charge on any atom is -0.497 e. The topological polar surface area (TPSA) is 107 Å². The number of carbonyl (C=O) groups excluding carboxylic acids is 2. The fourth-order valence-electron chi connectivity index (χ4n) is 2.99. The van der Waals surface area contributed by atoms with Crippen LogP contribution in [0.2, 0.25) is 5.02 Å². The van der Waals surface area contributed by atoms with Crippen molar-refractivity contribution in [3.63, 3.8) is 0 Å². The summed E-state index contributed by atoms with van der Waals surface area (Å²) in [5.41, 5.74) is 1.15. The molecule has 174 valence electrons. The van der Waals surface area contributed by atoms with Crippen molar-refractivity contribution in [2.75, 3.05) is 30.6 Å². The lowest BCUT2D eigenvalue weighted by molar-refractivity contribution is -0.116. The molecule has 0 bridgehead atoms. The molecule has 3 aromatic rings. The molecule has 0 radical (unpaired) electrons. The van der Waals surface area contributed by atoms with Crippen LogP contribution in [-0.4, -0.2) is 46.6 Å². The number of rotatable bonds is 10. The van der Waals surface area contributed by atoms with Gasteiger partial charge in [-0.25, -0.2) is 0 Å². The fraction of sp³-hybridized carbons (Fsp3) is 0.273. The van der Waals surface area contributed by atoms with Crippen molar-refractivity contribution < 1.29 is 19.1 Å². The maximum atomic E-state index is 12.5. The van der Waals surface area contributed by atoms with Gasteiger partial charge in [0.25, 0.3) is 0 Å². The molecule has 2 amide bonds. The van der Waals surface area contributed by atoms with Crippen LogP contribution < -0.4 is 20.1 Å².